The third-order valence-corrected chi connectivity index (χ3v) is 7.11. The predicted molar refractivity (Wildman–Crippen MR) is 168 cm³/mol. The van der Waals surface area contributed by atoms with E-state index in [-0.39, 0.29) is 19.3 Å². The quantitative estimate of drug-likeness (QED) is 0.111. The van der Waals surface area contributed by atoms with E-state index in [9.17, 15) is 14.4 Å². The molecule has 0 atom stereocenters. The lowest BCUT2D eigenvalue weighted by molar-refractivity contribution is -0.197. The summed E-state index contributed by atoms with van der Waals surface area (Å²) in [6, 6.07) is 20.5. The van der Waals surface area contributed by atoms with Crippen LogP contribution in [0.2, 0.25) is 0 Å². The second-order valence-electron chi connectivity index (χ2n) is 10.5. The smallest absolute Gasteiger partial charge is 0.333 e. The first-order chi connectivity index (χ1) is 20.7. The van der Waals surface area contributed by atoms with Gasteiger partial charge in [-0.05, 0) is 48.7 Å². The SMILES string of the molecule is CC.CN(C)c1ccc2c(-c3ccc(OCCCCC(=O)ON4C(=O)CCC4=O)cc3)c3ccc(=[N+](C)C)cc-3oc2c1. The van der Waals surface area contributed by atoms with Gasteiger partial charge in [0.1, 0.15) is 31.2 Å². The van der Waals surface area contributed by atoms with Crippen molar-refractivity contribution in [3.05, 3.63) is 66.0 Å². The van der Waals surface area contributed by atoms with Crippen LogP contribution in [0.3, 0.4) is 0 Å². The zero-order valence-corrected chi connectivity index (χ0v) is 25.8. The third kappa shape index (κ3) is 7.23. The van der Waals surface area contributed by atoms with Gasteiger partial charge in [0.25, 0.3) is 11.8 Å². The molecule has 2 aromatic carbocycles. The average molecular weight is 587 g/mol. The lowest BCUT2D eigenvalue weighted by atomic mass is 9.93. The van der Waals surface area contributed by atoms with Crippen LogP contribution in [0.15, 0.2) is 65.1 Å². The number of nitrogens with zero attached hydrogens (tertiary/aromatic N) is 3. The molecule has 0 unspecified atom stereocenters. The lowest BCUT2D eigenvalue weighted by Crippen LogP contribution is -2.31. The average Bonchev–Trinajstić information content (AvgIpc) is 3.32. The van der Waals surface area contributed by atoms with Crippen LogP contribution >= 0.6 is 0 Å². The molecule has 0 spiro atoms. The van der Waals surface area contributed by atoms with Gasteiger partial charge < -0.3 is 18.9 Å². The van der Waals surface area contributed by atoms with Crippen molar-refractivity contribution in [3.63, 3.8) is 0 Å². The van der Waals surface area contributed by atoms with Gasteiger partial charge in [0.15, 0.2) is 0 Å². The molecule has 2 amide bonds. The zero-order chi connectivity index (χ0) is 31.1. The molecule has 2 aromatic rings. The number of anilines is 1. The summed E-state index contributed by atoms with van der Waals surface area (Å²) in [5, 5.41) is 2.67. The van der Waals surface area contributed by atoms with Crippen molar-refractivity contribution < 1.29 is 28.4 Å². The van der Waals surface area contributed by atoms with E-state index in [4.69, 9.17) is 14.0 Å². The van der Waals surface area contributed by atoms with Crippen molar-refractivity contribution in [3.8, 4) is 28.2 Å². The maximum Gasteiger partial charge on any atom is 0.333 e. The first-order valence-electron chi connectivity index (χ1n) is 14.7. The first kappa shape index (κ1) is 31.3. The molecule has 0 bridgehead atoms. The number of imide groups is 1. The minimum atomic E-state index is -0.595. The second kappa shape index (κ2) is 14.0. The minimum Gasteiger partial charge on any atom is -0.494 e. The highest BCUT2D eigenvalue weighted by molar-refractivity contribution is 6.03. The Kier molecular flexibility index (Phi) is 10.2. The van der Waals surface area contributed by atoms with Crippen molar-refractivity contribution in [1.29, 1.82) is 0 Å². The zero-order valence-electron chi connectivity index (χ0n) is 25.8. The number of hydrogen-bond donors (Lipinski definition) is 0. The van der Waals surface area contributed by atoms with Crippen LogP contribution in [0, 0.1) is 0 Å². The molecular formula is C34H40N3O6+. The molecule has 9 nitrogen and oxygen atoms in total. The molecule has 0 saturated carbocycles. The molecule has 1 aliphatic carbocycles. The summed E-state index contributed by atoms with van der Waals surface area (Å²) in [6.07, 6.45) is 1.40. The van der Waals surface area contributed by atoms with Crippen LogP contribution < -0.4 is 19.6 Å². The Bertz CT molecular complexity index is 1640. The van der Waals surface area contributed by atoms with E-state index in [0.717, 1.165) is 50.2 Å². The van der Waals surface area contributed by atoms with E-state index in [1.54, 1.807) is 0 Å². The highest BCUT2D eigenvalue weighted by Gasteiger charge is 2.32. The summed E-state index contributed by atoms with van der Waals surface area (Å²) in [4.78, 5) is 42.1. The number of unbranched alkanes of at least 4 members (excludes halogenated alkanes) is 1. The van der Waals surface area contributed by atoms with Gasteiger partial charge in [-0.2, -0.15) is 0 Å². The van der Waals surface area contributed by atoms with Crippen molar-refractivity contribution >= 4 is 34.4 Å². The molecule has 2 heterocycles. The third-order valence-electron chi connectivity index (χ3n) is 7.11. The number of benzene rings is 3. The fourth-order valence-corrected chi connectivity index (χ4v) is 4.82. The van der Waals surface area contributed by atoms with Crippen molar-refractivity contribution in [2.24, 2.45) is 0 Å². The predicted octanol–water partition coefficient (Wildman–Crippen LogP) is 5.48. The van der Waals surface area contributed by atoms with E-state index in [2.05, 4.69) is 45.9 Å². The van der Waals surface area contributed by atoms with Gasteiger partial charge in [-0.25, -0.2) is 9.37 Å². The number of hydrogen-bond acceptors (Lipinski definition) is 7. The standard InChI is InChI=1S/C32H34N3O6.C2H6/c1-33(2)22-10-14-25-27(19-22)40-28-20-23(34(3)4)11-15-26(28)32(25)21-8-12-24(13-9-21)39-18-6-5-7-31(38)41-35-29(36)16-17-30(35)37;1-2/h8-15,19-20H,5-7,16-18H2,1-4H3;1-2H3/q+1;. The molecule has 0 N–H and O–H groups in total. The van der Waals surface area contributed by atoms with Crippen molar-refractivity contribution in [2.75, 3.05) is 39.7 Å². The van der Waals surface area contributed by atoms with Gasteiger partial charge in [0.2, 0.25) is 5.36 Å². The van der Waals surface area contributed by atoms with Crippen molar-refractivity contribution in [2.45, 2.75) is 46.0 Å². The first-order valence-corrected chi connectivity index (χ1v) is 14.7. The molecule has 1 saturated heterocycles. The Morgan fingerprint density at radius 3 is 2.28 bits per heavy atom. The largest absolute Gasteiger partial charge is 0.494 e. The minimum absolute atomic E-state index is 0.0829. The van der Waals surface area contributed by atoms with Crippen LogP contribution in [-0.4, -0.2) is 57.6 Å². The summed E-state index contributed by atoms with van der Waals surface area (Å²) >= 11 is 0. The molecule has 0 radical (unpaired) electrons. The molecule has 226 valence electrons. The molecule has 0 aromatic heterocycles. The molecule has 43 heavy (non-hydrogen) atoms. The lowest BCUT2D eigenvalue weighted by Gasteiger charge is -2.18. The van der Waals surface area contributed by atoms with Gasteiger partial charge >= 0.3 is 5.97 Å². The Morgan fingerprint density at radius 2 is 1.63 bits per heavy atom. The second-order valence-corrected chi connectivity index (χ2v) is 10.5. The summed E-state index contributed by atoms with van der Waals surface area (Å²) in [7, 11) is 8.04. The van der Waals surface area contributed by atoms with Gasteiger partial charge in [-0.15, -0.1) is 5.06 Å². The molecule has 5 rings (SSSR count). The molecular weight excluding hydrogens is 546 g/mol. The summed E-state index contributed by atoms with van der Waals surface area (Å²) in [5.41, 5.74) is 5.04. The highest BCUT2D eigenvalue weighted by Crippen LogP contribution is 2.41. The number of carbonyl (C=O) groups is 3. The number of hydroxylamine groups is 2. The van der Waals surface area contributed by atoms with E-state index in [1.165, 1.54) is 0 Å². The Morgan fingerprint density at radius 1 is 0.930 bits per heavy atom. The fourth-order valence-electron chi connectivity index (χ4n) is 4.82. The number of ether oxygens (including phenoxy) is 1. The highest BCUT2D eigenvalue weighted by atomic mass is 16.7. The number of rotatable bonds is 9. The number of carbonyl (C=O) groups excluding carboxylic acids is 3. The number of fused-ring (bicyclic) bond motifs is 2. The molecule has 1 fully saturated rings. The monoisotopic (exact) mass is 586 g/mol. The Hall–Kier alpha value is -4.66. The van der Waals surface area contributed by atoms with E-state index >= 15 is 0 Å². The topological polar surface area (TPSA) is 92.3 Å². The van der Waals surface area contributed by atoms with Crippen molar-refractivity contribution in [1.82, 2.24) is 9.64 Å². The van der Waals surface area contributed by atoms with E-state index < -0.39 is 17.8 Å². The van der Waals surface area contributed by atoms with E-state index in [0.29, 0.717) is 24.5 Å². The van der Waals surface area contributed by atoms with E-state index in [1.807, 2.05) is 66.3 Å². The van der Waals surface area contributed by atoms with Crippen LogP contribution in [0.25, 0.3) is 33.4 Å². The van der Waals surface area contributed by atoms with Crippen LogP contribution in [0.4, 0.5) is 5.69 Å². The Labute approximate surface area is 252 Å². The maximum atomic E-state index is 12.0. The fraction of sp³-hybridized carbons (Fsp3) is 0.353. The van der Waals surface area contributed by atoms with Crippen LogP contribution in [0.1, 0.15) is 46.0 Å². The van der Waals surface area contributed by atoms with Crippen LogP contribution in [-0.2, 0) is 19.2 Å². The normalized spacial score (nSPS) is 12.7. The molecule has 3 aliphatic rings. The van der Waals surface area contributed by atoms with Gasteiger partial charge in [-0.3, -0.25) is 9.59 Å². The van der Waals surface area contributed by atoms with Gasteiger partial charge in [0, 0.05) is 67.7 Å². The molecule has 9 heteroatoms. The summed E-state index contributed by atoms with van der Waals surface area (Å²) in [6.45, 7) is 4.42. The summed E-state index contributed by atoms with van der Waals surface area (Å²) < 4.78 is 14.4. The Balaban J connectivity index is 0.00000207. The maximum absolute atomic E-state index is 12.0. The van der Waals surface area contributed by atoms with Gasteiger partial charge in [0.05, 0.1) is 12.7 Å². The molecule has 2 aliphatic heterocycles. The number of amides is 2. The van der Waals surface area contributed by atoms with Gasteiger partial charge in [-0.1, -0.05) is 26.0 Å². The summed E-state index contributed by atoms with van der Waals surface area (Å²) in [5.74, 6) is -0.00626. The van der Waals surface area contributed by atoms with Crippen LogP contribution in [0.5, 0.6) is 5.75 Å².